The zero-order valence-electron chi connectivity index (χ0n) is 16.5. The Kier molecular flexibility index (Phi) is 5.53. The number of methoxy groups -OCH3 is 1. The molecular weight excluding hydrogens is 438 g/mol. The van der Waals surface area contributed by atoms with Crippen molar-refractivity contribution in [2.45, 2.75) is 11.8 Å². The van der Waals surface area contributed by atoms with Gasteiger partial charge in [0.15, 0.2) is 5.13 Å². The third-order valence-corrected chi connectivity index (χ3v) is 6.46. The van der Waals surface area contributed by atoms with Crippen LogP contribution in [0.4, 0.5) is 11.1 Å². The fourth-order valence-corrected chi connectivity index (χ4v) is 4.74. The second-order valence-corrected chi connectivity index (χ2v) is 9.15. The number of amides is 1. The molecule has 0 saturated carbocycles. The van der Waals surface area contributed by atoms with Crippen LogP contribution in [0.15, 0.2) is 59.6 Å². The molecule has 0 radical (unpaired) electrons. The van der Waals surface area contributed by atoms with Crippen molar-refractivity contribution in [1.29, 1.82) is 0 Å². The van der Waals surface area contributed by atoms with Gasteiger partial charge in [-0.15, -0.1) is 0 Å². The molecule has 0 saturated heterocycles. The average Bonchev–Trinajstić information content (AvgIpc) is 3.14. The van der Waals surface area contributed by atoms with Gasteiger partial charge in [-0.25, -0.2) is 28.1 Å². The molecule has 0 atom stereocenters. The smallest absolute Gasteiger partial charge is 0.264 e. The Balaban J connectivity index is 1.62. The molecule has 31 heavy (non-hydrogen) atoms. The molecule has 1 amide bonds. The average molecular weight is 456 g/mol. The van der Waals surface area contributed by atoms with Gasteiger partial charge in [0, 0.05) is 24.8 Å². The van der Waals surface area contributed by atoms with Gasteiger partial charge in [0.25, 0.3) is 10.0 Å². The summed E-state index contributed by atoms with van der Waals surface area (Å²) in [5, 5.41) is 3.18. The summed E-state index contributed by atoms with van der Waals surface area (Å²) in [4.78, 5) is 24.0. The van der Waals surface area contributed by atoms with Crippen molar-refractivity contribution in [3.8, 4) is 17.0 Å². The number of fused-ring (bicyclic) bond motifs is 1. The number of anilines is 2. The van der Waals surface area contributed by atoms with Crippen LogP contribution in [0, 0.1) is 0 Å². The lowest BCUT2D eigenvalue weighted by Crippen LogP contribution is -2.15. The van der Waals surface area contributed by atoms with E-state index in [1.165, 1.54) is 43.7 Å². The van der Waals surface area contributed by atoms with Crippen LogP contribution < -0.4 is 14.8 Å². The molecule has 2 aromatic carbocycles. The molecule has 4 rings (SSSR count). The second kappa shape index (κ2) is 8.28. The number of nitrogens with one attached hydrogen (secondary N) is 2. The van der Waals surface area contributed by atoms with Crippen LogP contribution in [0.5, 0.6) is 5.75 Å². The molecule has 0 bridgehead atoms. The molecule has 2 N–H and O–H groups in total. The van der Waals surface area contributed by atoms with E-state index in [1.807, 2.05) is 18.2 Å². The molecular formula is C20H17N5O4S2. The van der Waals surface area contributed by atoms with Crippen molar-refractivity contribution in [3.05, 3.63) is 54.7 Å². The predicted octanol–water partition coefficient (Wildman–Crippen LogP) is 3.52. The van der Waals surface area contributed by atoms with Gasteiger partial charge in [0.1, 0.15) is 5.75 Å². The molecule has 11 heteroatoms. The number of aromatic nitrogens is 3. The summed E-state index contributed by atoms with van der Waals surface area (Å²) in [6, 6.07) is 13.3. The van der Waals surface area contributed by atoms with Gasteiger partial charge in [-0.2, -0.15) is 0 Å². The second-order valence-electron chi connectivity index (χ2n) is 6.43. The van der Waals surface area contributed by atoms with Crippen LogP contribution in [-0.4, -0.2) is 36.4 Å². The van der Waals surface area contributed by atoms with Gasteiger partial charge in [0.2, 0.25) is 11.9 Å². The Hall–Kier alpha value is -3.57. The van der Waals surface area contributed by atoms with Crippen molar-refractivity contribution >= 4 is 48.6 Å². The fraction of sp³-hybridized carbons (Fsp3) is 0.100. The van der Waals surface area contributed by atoms with E-state index in [2.05, 4.69) is 25.0 Å². The van der Waals surface area contributed by atoms with E-state index < -0.39 is 10.0 Å². The van der Waals surface area contributed by atoms with Crippen LogP contribution in [0.1, 0.15) is 6.92 Å². The quantitative estimate of drug-likeness (QED) is 0.456. The number of hydrogen-bond donors (Lipinski definition) is 2. The molecule has 0 fully saturated rings. The summed E-state index contributed by atoms with van der Waals surface area (Å²) in [5.41, 5.74) is 2.04. The monoisotopic (exact) mass is 455 g/mol. The zero-order valence-corrected chi connectivity index (χ0v) is 18.1. The maximum Gasteiger partial charge on any atom is 0.264 e. The normalized spacial score (nSPS) is 11.3. The summed E-state index contributed by atoms with van der Waals surface area (Å²) < 4.78 is 33.7. The van der Waals surface area contributed by atoms with Crippen LogP contribution in [0.3, 0.4) is 0 Å². The lowest BCUT2D eigenvalue weighted by molar-refractivity contribution is -0.114. The summed E-state index contributed by atoms with van der Waals surface area (Å²) >= 11 is 1.34. The van der Waals surface area contributed by atoms with Crippen LogP contribution in [0.25, 0.3) is 21.5 Å². The number of hydrogen-bond acceptors (Lipinski definition) is 8. The van der Waals surface area contributed by atoms with E-state index in [9.17, 15) is 13.2 Å². The fourth-order valence-electron chi connectivity index (χ4n) is 2.80. The number of benzene rings is 2. The first-order valence-corrected chi connectivity index (χ1v) is 11.3. The molecule has 0 aliphatic carbocycles. The largest absolute Gasteiger partial charge is 0.497 e. The number of nitrogens with zero attached hydrogens (tertiary/aromatic N) is 3. The molecule has 158 valence electrons. The van der Waals surface area contributed by atoms with Crippen molar-refractivity contribution in [2.24, 2.45) is 0 Å². The molecule has 2 aromatic heterocycles. The third kappa shape index (κ3) is 4.62. The highest BCUT2D eigenvalue weighted by molar-refractivity contribution is 7.92. The first kappa shape index (κ1) is 20.7. The highest BCUT2D eigenvalue weighted by Crippen LogP contribution is 2.30. The predicted molar refractivity (Wildman–Crippen MR) is 119 cm³/mol. The van der Waals surface area contributed by atoms with Gasteiger partial charge >= 0.3 is 0 Å². The minimum atomic E-state index is -3.89. The molecule has 4 aromatic rings. The van der Waals surface area contributed by atoms with Crippen molar-refractivity contribution in [2.75, 3.05) is 17.1 Å². The van der Waals surface area contributed by atoms with Crippen LogP contribution in [-0.2, 0) is 14.8 Å². The van der Waals surface area contributed by atoms with Gasteiger partial charge in [0.05, 0.1) is 27.9 Å². The lowest BCUT2D eigenvalue weighted by Gasteiger charge is -2.09. The first-order valence-electron chi connectivity index (χ1n) is 9.02. The Morgan fingerprint density at radius 1 is 1.10 bits per heavy atom. The highest BCUT2D eigenvalue weighted by atomic mass is 32.2. The zero-order chi connectivity index (χ0) is 22.0. The topological polar surface area (TPSA) is 123 Å². The SMILES string of the molecule is COc1cccc(S(=O)(=O)Nc2nccc(-c3ccc4nc(NC(C)=O)sc4c3)n2)c1. The Bertz CT molecular complexity index is 1390. The summed E-state index contributed by atoms with van der Waals surface area (Å²) in [7, 11) is -2.43. The summed E-state index contributed by atoms with van der Waals surface area (Å²) in [5.74, 6) is 0.181. The molecule has 0 aliphatic heterocycles. The maximum atomic E-state index is 12.7. The van der Waals surface area contributed by atoms with E-state index in [0.717, 1.165) is 15.8 Å². The number of sulfonamides is 1. The van der Waals surface area contributed by atoms with Crippen LogP contribution in [0.2, 0.25) is 0 Å². The molecule has 0 aliphatic rings. The number of ether oxygens (including phenoxy) is 1. The van der Waals surface area contributed by atoms with E-state index >= 15 is 0 Å². The lowest BCUT2D eigenvalue weighted by atomic mass is 10.1. The van der Waals surface area contributed by atoms with E-state index in [4.69, 9.17) is 4.74 Å². The number of thiazole rings is 1. The van der Waals surface area contributed by atoms with Crippen molar-refractivity contribution in [3.63, 3.8) is 0 Å². The number of carbonyl (C=O) groups excluding carboxylic acids is 1. The van der Waals surface area contributed by atoms with Gasteiger partial charge < -0.3 is 10.1 Å². The Morgan fingerprint density at radius 2 is 1.94 bits per heavy atom. The minimum absolute atomic E-state index is 0.0393. The van der Waals surface area contributed by atoms with Gasteiger partial charge in [-0.05, 0) is 30.3 Å². The third-order valence-electron chi connectivity index (χ3n) is 4.20. The molecule has 0 unspecified atom stereocenters. The van der Waals surface area contributed by atoms with E-state index in [-0.39, 0.29) is 16.8 Å². The minimum Gasteiger partial charge on any atom is -0.497 e. The van der Waals surface area contributed by atoms with Crippen molar-refractivity contribution < 1.29 is 17.9 Å². The molecule has 9 nitrogen and oxygen atoms in total. The summed E-state index contributed by atoms with van der Waals surface area (Å²) in [6.45, 7) is 1.42. The molecule has 2 heterocycles. The first-order chi connectivity index (χ1) is 14.8. The number of rotatable bonds is 6. The summed E-state index contributed by atoms with van der Waals surface area (Å²) in [6.07, 6.45) is 1.48. The standard InChI is InChI=1S/C20H17N5O4S2/c1-12(26)22-20-24-17-7-6-13(10-18(17)30-20)16-8-9-21-19(23-16)25-31(27,28)15-5-3-4-14(11-15)29-2/h3-11H,1-2H3,(H,21,23,25)(H,22,24,26). The van der Waals surface area contributed by atoms with E-state index in [0.29, 0.717) is 16.6 Å². The van der Waals surface area contributed by atoms with Gasteiger partial charge in [-0.3, -0.25) is 4.79 Å². The van der Waals surface area contributed by atoms with Crippen LogP contribution >= 0.6 is 11.3 Å². The maximum absolute atomic E-state index is 12.7. The molecule has 0 spiro atoms. The van der Waals surface area contributed by atoms with Crippen molar-refractivity contribution in [1.82, 2.24) is 15.0 Å². The van der Waals surface area contributed by atoms with E-state index in [1.54, 1.807) is 18.2 Å². The number of carbonyl (C=O) groups is 1. The highest BCUT2D eigenvalue weighted by Gasteiger charge is 2.17. The Labute approximate surface area is 182 Å². The van der Waals surface area contributed by atoms with Gasteiger partial charge in [-0.1, -0.05) is 23.5 Å². The Morgan fingerprint density at radius 3 is 2.71 bits per heavy atom.